The van der Waals surface area contributed by atoms with Crippen LogP contribution in [0.25, 0.3) is 0 Å². The molecular weight excluding hydrogens is 245 g/mol. The van der Waals surface area contributed by atoms with E-state index in [2.05, 4.69) is 4.74 Å². The summed E-state index contributed by atoms with van der Waals surface area (Å²) in [6, 6.07) is 5.16. The Balaban J connectivity index is 2.58. The molecule has 0 aliphatic carbocycles. The normalized spacial score (nSPS) is 11.8. The van der Waals surface area contributed by atoms with Crippen molar-refractivity contribution in [3.8, 4) is 0 Å². The molecule has 0 radical (unpaired) electrons. The van der Waals surface area contributed by atoms with Crippen molar-refractivity contribution in [3.05, 3.63) is 47.5 Å². The molecule has 1 rings (SSSR count). The largest absolute Gasteiger partial charge is 0.466 e. The third-order valence-electron chi connectivity index (χ3n) is 2.31. The van der Waals surface area contributed by atoms with Gasteiger partial charge in [-0.05, 0) is 24.5 Å². The number of esters is 1. The van der Waals surface area contributed by atoms with Gasteiger partial charge in [-0.3, -0.25) is 0 Å². The van der Waals surface area contributed by atoms with Crippen molar-refractivity contribution < 1.29 is 22.7 Å². The molecule has 0 saturated heterocycles. The average Bonchev–Trinajstić information content (AvgIpc) is 2.33. The number of halogens is 3. The first-order chi connectivity index (χ1) is 8.43. The Labute approximate surface area is 103 Å². The predicted molar refractivity (Wildman–Crippen MR) is 60.9 cm³/mol. The molecule has 0 fully saturated rings. The standard InChI is InChI=1S/C13H13F3O2/c1-18-12(17)8-3-2-5-10-6-4-7-11(9-10)13(14,15)16/h3-4,6-9H,2,5H2,1H3/b8-3+. The summed E-state index contributed by atoms with van der Waals surface area (Å²) in [7, 11) is 1.26. The highest BCUT2D eigenvalue weighted by Gasteiger charge is 2.30. The highest BCUT2D eigenvalue weighted by atomic mass is 19.4. The Bertz CT molecular complexity index is 436. The third-order valence-corrected chi connectivity index (χ3v) is 2.31. The van der Waals surface area contributed by atoms with Gasteiger partial charge in [-0.25, -0.2) is 4.79 Å². The molecule has 0 unspecified atom stereocenters. The Kier molecular flexibility index (Phi) is 4.95. The van der Waals surface area contributed by atoms with Gasteiger partial charge < -0.3 is 4.74 Å². The van der Waals surface area contributed by atoms with Crippen LogP contribution in [0.3, 0.4) is 0 Å². The van der Waals surface area contributed by atoms with Gasteiger partial charge in [0.05, 0.1) is 12.7 Å². The molecule has 0 aliphatic rings. The third kappa shape index (κ3) is 4.61. The van der Waals surface area contributed by atoms with Crippen molar-refractivity contribution in [2.75, 3.05) is 7.11 Å². The zero-order valence-electron chi connectivity index (χ0n) is 9.83. The van der Waals surface area contributed by atoms with Crippen LogP contribution in [0, 0.1) is 0 Å². The summed E-state index contributed by atoms with van der Waals surface area (Å²) < 4.78 is 41.7. The van der Waals surface area contributed by atoms with E-state index in [9.17, 15) is 18.0 Å². The number of hydrogen-bond acceptors (Lipinski definition) is 2. The van der Waals surface area contributed by atoms with E-state index < -0.39 is 17.7 Å². The lowest BCUT2D eigenvalue weighted by Crippen LogP contribution is -2.05. The first-order valence-corrected chi connectivity index (χ1v) is 5.34. The summed E-state index contributed by atoms with van der Waals surface area (Å²) in [6.45, 7) is 0. The van der Waals surface area contributed by atoms with E-state index in [0.29, 0.717) is 18.4 Å². The fourth-order valence-electron chi connectivity index (χ4n) is 1.40. The Morgan fingerprint density at radius 1 is 1.39 bits per heavy atom. The molecule has 5 heteroatoms. The van der Waals surface area contributed by atoms with Crippen LogP contribution in [0.4, 0.5) is 13.2 Å². The average molecular weight is 258 g/mol. The molecule has 0 bridgehead atoms. The number of benzene rings is 1. The molecule has 1 aromatic rings. The lowest BCUT2D eigenvalue weighted by molar-refractivity contribution is -0.137. The van der Waals surface area contributed by atoms with Crippen LogP contribution < -0.4 is 0 Å². The lowest BCUT2D eigenvalue weighted by atomic mass is 10.1. The maximum absolute atomic E-state index is 12.4. The number of ether oxygens (including phenoxy) is 1. The van der Waals surface area contributed by atoms with Crippen LogP contribution in [0.1, 0.15) is 17.5 Å². The van der Waals surface area contributed by atoms with Crippen molar-refractivity contribution in [1.29, 1.82) is 0 Å². The summed E-state index contributed by atoms with van der Waals surface area (Å²) in [5, 5.41) is 0. The van der Waals surface area contributed by atoms with E-state index in [1.165, 1.54) is 19.3 Å². The van der Waals surface area contributed by atoms with E-state index >= 15 is 0 Å². The van der Waals surface area contributed by atoms with Gasteiger partial charge in [-0.1, -0.05) is 24.3 Å². The topological polar surface area (TPSA) is 26.3 Å². The summed E-state index contributed by atoms with van der Waals surface area (Å²) >= 11 is 0. The molecular formula is C13H13F3O2. The van der Waals surface area contributed by atoms with E-state index in [1.807, 2.05) is 0 Å². The van der Waals surface area contributed by atoms with Crippen molar-refractivity contribution >= 4 is 5.97 Å². The number of hydrogen-bond donors (Lipinski definition) is 0. The summed E-state index contributed by atoms with van der Waals surface area (Å²) in [5.41, 5.74) is -0.0729. The molecule has 0 atom stereocenters. The van der Waals surface area contributed by atoms with Crippen molar-refractivity contribution in [2.24, 2.45) is 0 Å². The minimum absolute atomic E-state index is 0.442. The van der Waals surface area contributed by atoms with Gasteiger partial charge in [0.25, 0.3) is 0 Å². The number of methoxy groups -OCH3 is 1. The summed E-state index contributed by atoms with van der Waals surface area (Å²) in [5.74, 6) is -0.473. The highest BCUT2D eigenvalue weighted by Crippen LogP contribution is 2.29. The Morgan fingerprint density at radius 2 is 2.11 bits per heavy atom. The maximum atomic E-state index is 12.4. The smallest absolute Gasteiger partial charge is 0.416 e. The second kappa shape index (κ2) is 6.23. The zero-order chi connectivity index (χ0) is 13.6. The molecule has 1 aromatic carbocycles. The number of aryl methyl sites for hydroxylation is 1. The van der Waals surface area contributed by atoms with E-state index in [0.717, 1.165) is 12.1 Å². The second-order valence-electron chi connectivity index (χ2n) is 3.66. The van der Waals surface area contributed by atoms with Gasteiger partial charge in [-0.2, -0.15) is 13.2 Å². The van der Waals surface area contributed by atoms with E-state index in [-0.39, 0.29) is 0 Å². The SMILES string of the molecule is COC(=O)/C=C/CCc1cccc(C(F)(F)F)c1. The summed E-state index contributed by atoms with van der Waals surface area (Å²) in [6.07, 6.45) is -0.564. The fourth-order valence-corrected chi connectivity index (χ4v) is 1.40. The Hall–Kier alpha value is -1.78. The van der Waals surface area contributed by atoms with Crippen molar-refractivity contribution in [1.82, 2.24) is 0 Å². The Morgan fingerprint density at radius 3 is 2.72 bits per heavy atom. The molecule has 0 saturated carbocycles. The van der Waals surface area contributed by atoms with Crippen molar-refractivity contribution in [2.45, 2.75) is 19.0 Å². The number of alkyl halides is 3. The van der Waals surface area contributed by atoms with Crippen LogP contribution in [0.2, 0.25) is 0 Å². The molecule has 0 amide bonds. The number of allylic oxidation sites excluding steroid dienone is 1. The number of carbonyl (C=O) groups excluding carboxylic acids is 1. The van der Waals surface area contributed by atoms with Crippen LogP contribution in [-0.4, -0.2) is 13.1 Å². The van der Waals surface area contributed by atoms with Gasteiger partial charge >= 0.3 is 12.1 Å². The maximum Gasteiger partial charge on any atom is 0.416 e. The molecule has 0 heterocycles. The first kappa shape index (κ1) is 14.3. The van der Waals surface area contributed by atoms with Gasteiger partial charge in [0.1, 0.15) is 0 Å². The summed E-state index contributed by atoms with van der Waals surface area (Å²) in [4.78, 5) is 10.8. The minimum Gasteiger partial charge on any atom is -0.466 e. The lowest BCUT2D eigenvalue weighted by Gasteiger charge is -2.07. The number of carbonyl (C=O) groups is 1. The van der Waals surface area contributed by atoms with Gasteiger partial charge in [0.15, 0.2) is 0 Å². The predicted octanol–water partition coefficient (Wildman–Crippen LogP) is 3.37. The van der Waals surface area contributed by atoms with Gasteiger partial charge in [0.2, 0.25) is 0 Å². The van der Waals surface area contributed by atoms with Crippen LogP contribution in [-0.2, 0) is 22.1 Å². The monoisotopic (exact) mass is 258 g/mol. The van der Waals surface area contributed by atoms with E-state index in [4.69, 9.17) is 0 Å². The van der Waals surface area contributed by atoms with Crippen LogP contribution in [0.5, 0.6) is 0 Å². The molecule has 98 valence electrons. The first-order valence-electron chi connectivity index (χ1n) is 5.34. The van der Waals surface area contributed by atoms with Gasteiger partial charge in [-0.15, -0.1) is 0 Å². The molecule has 0 spiro atoms. The quantitative estimate of drug-likeness (QED) is 0.611. The van der Waals surface area contributed by atoms with Crippen molar-refractivity contribution in [3.63, 3.8) is 0 Å². The molecule has 2 nitrogen and oxygen atoms in total. The number of rotatable bonds is 4. The molecule has 0 N–H and O–H groups in total. The molecule has 0 aromatic heterocycles. The second-order valence-corrected chi connectivity index (χ2v) is 3.66. The highest BCUT2D eigenvalue weighted by molar-refractivity contribution is 5.81. The molecule has 18 heavy (non-hydrogen) atoms. The van der Waals surface area contributed by atoms with Crippen LogP contribution >= 0.6 is 0 Å². The zero-order valence-corrected chi connectivity index (χ0v) is 9.83. The van der Waals surface area contributed by atoms with Crippen LogP contribution in [0.15, 0.2) is 36.4 Å². The van der Waals surface area contributed by atoms with Gasteiger partial charge in [0, 0.05) is 6.08 Å². The molecule has 0 aliphatic heterocycles. The fraction of sp³-hybridized carbons (Fsp3) is 0.308. The minimum atomic E-state index is -4.32. The van der Waals surface area contributed by atoms with E-state index in [1.54, 1.807) is 12.1 Å².